The highest BCUT2D eigenvalue weighted by Crippen LogP contribution is 2.21. The van der Waals surface area contributed by atoms with Crippen molar-refractivity contribution in [1.29, 1.82) is 0 Å². The van der Waals surface area contributed by atoms with Crippen LogP contribution >= 0.6 is 0 Å². The number of nitrogens with one attached hydrogen (secondary N) is 1. The van der Waals surface area contributed by atoms with Crippen molar-refractivity contribution in [2.45, 2.75) is 13.5 Å². The average Bonchev–Trinajstić information content (AvgIpc) is 2.56. The van der Waals surface area contributed by atoms with Crippen LogP contribution in [-0.4, -0.2) is 9.78 Å². The highest BCUT2D eigenvalue weighted by Gasteiger charge is 2.09. The van der Waals surface area contributed by atoms with Gasteiger partial charge in [-0.3, -0.25) is 4.68 Å². The molecule has 3 N–H and O–H groups in total. The number of nitrogens with zero attached hydrogens (tertiary/aromatic N) is 2. The molecule has 0 bridgehead atoms. The van der Waals surface area contributed by atoms with Crippen molar-refractivity contribution in [2.75, 3.05) is 11.1 Å². The molecule has 0 saturated carbocycles. The summed E-state index contributed by atoms with van der Waals surface area (Å²) >= 11 is 0. The summed E-state index contributed by atoms with van der Waals surface area (Å²) in [5.41, 5.74) is 7.76. The number of halogens is 2. The largest absolute Gasteiger partial charge is 0.394 e. The predicted molar refractivity (Wildman–Crippen MR) is 66.0 cm³/mol. The maximum absolute atomic E-state index is 13.0. The van der Waals surface area contributed by atoms with Gasteiger partial charge in [0.05, 0.1) is 11.4 Å². The van der Waals surface area contributed by atoms with Gasteiger partial charge in [-0.05, 0) is 24.6 Å². The molecule has 0 amide bonds. The topological polar surface area (TPSA) is 55.9 Å². The van der Waals surface area contributed by atoms with Gasteiger partial charge >= 0.3 is 0 Å². The number of hydrogen-bond donors (Lipinski definition) is 2. The monoisotopic (exact) mass is 252 g/mol. The third-order valence-corrected chi connectivity index (χ3v) is 2.71. The first kappa shape index (κ1) is 12.3. The third-order valence-electron chi connectivity index (χ3n) is 2.71. The molecule has 2 aromatic rings. The lowest BCUT2D eigenvalue weighted by atomic mass is 10.2. The number of aryl methyl sites for hydroxylation is 2. The first-order valence-electron chi connectivity index (χ1n) is 5.46. The zero-order chi connectivity index (χ0) is 13.3. The molecule has 2 rings (SSSR count). The van der Waals surface area contributed by atoms with Crippen LogP contribution in [0.1, 0.15) is 11.3 Å². The molecule has 96 valence electrons. The van der Waals surface area contributed by atoms with E-state index in [0.29, 0.717) is 23.6 Å². The SMILES string of the molecule is Cc1nn(C)c(NCc2ccc(F)c(F)c2)c1N. The number of nitrogen functional groups attached to an aromatic ring is 1. The van der Waals surface area contributed by atoms with Gasteiger partial charge in [-0.15, -0.1) is 0 Å². The Morgan fingerprint density at radius 1 is 1.33 bits per heavy atom. The van der Waals surface area contributed by atoms with E-state index in [9.17, 15) is 8.78 Å². The zero-order valence-corrected chi connectivity index (χ0v) is 10.2. The number of rotatable bonds is 3. The number of anilines is 2. The van der Waals surface area contributed by atoms with Gasteiger partial charge in [0.15, 0.2) is 11.6 Å². The first-order valence-corrected chi connectivity index (χ1v) is 5.46. The van der Waals surface area contributed by atoms with Gasteiger partial charge in [-0.25, -0.2) is 8.78 Å². The maximum Gasteiger partial charge on any atom is 0.159 e. The molecule has 18 heavy (non-hydrogen) atoms. The van der Waals surface area contributed by atoms with E-state index >= 15 is 0 Å². The molecular formula is C12H14F2N4. The van der Waals surface area contributed by atoms with E-state index in [1.165, 1.54) is 6.07 Å². The Balaban J connectivity index is 2.14. The van der Waals surface area contributed by atoms with E-state index in [1.54, 1.807) is 18.7 Å². The van der Waals surface area contributed by atoms with Crippen molar-refractivity contribution < 1.29 is 8.78 Å². The van der Waals surface area contributed by atoms with Gasteiger partial charge in [-0.2, -0.15) is 5.10 Å². The summed E-state index contributed by atoms with van der Waals surface area (Å²) in [5.74, 6) is -1.05. The minimum atomic E-state index is -0.858. The van der Waals surface area contributed by atoms with Crippen LogP contribution in [0, 0.1) is 18.6 Å². The van der Waals surface area contributed by atoms with Crippen LogP contribution < -0.4 is 11.1 Å². The molecule has 0 unspecified atom stereocenters. The Hall–Kier alpha value is -2.11. The Labute approximate surface area is 103 Å². The standard InChI is InChI=1S/C12H14F2N4/c1-7-11(15)12(18(2)17-7)16-6-8-3-4-9(13)10(14)5-8/h3-5,16H,6,15H2,1-2H3. The summed E-state index contributed by atoms with van der Waals surface area (Å²) in [6.07, 6.45) is 0. The Morgan fingerprint density at radius 2 is 2.06 bits per heavy atom. The van der Waals surface area contributed by atoms with Crippen LogP contribution in [0.5, 0.6) is 0 Å². The fourth-order valence-electron chi connectivity index (χ4n) is 1.72. The van der Waals surface area contributed by atoms with Crippen molar-refractivity contribution in [3.63, 3.8) is 0 Å². The predicted octanol–water partition coefficient (Wildman–Crippen LogP) is 2.20. The van der Waals surface area contributed by atoms with Crippen LogP contribution in [0.4, 0.5) is 20.3 Å². The lowest BCUT2D eigenvalue weighted by molar-refractivity contribution is 0.507. The van der Waals surface area contributed by atoms with Crippen LogP contribution in [0.2, 0.25) is 0 Å². The first-order chi connectivity index (χ1) is 8.49. The molecule has 0 fully saturated rings. The number of benzene rings is 1. The van der Waals surface area contributed by atoms with Crippen molar-refractivity contribution in [3.8, 4) is 0 Å². The second-order valence-electron chi connectivity index (χ2n) is 4.07. The van der Waals surface area contributed by atoms with E-state index in [4.69, 9.17) is 5.73 Å². The van der Waals surface area contributed by atoms with E-state index in [0.717, 1.165) is 17.8 Å². The highest BCUT2D eigenvalue weighted by molar-refractivity contribution is 5.64. The average molecular weight is 252 g/mol. The molecule has 1 heterocycles. The molecule has 6 heteroatoms. The summed E-state index contributed by atoms with van der Waals surface area (Å²) in [6.45, 7) is 2.15. The zero-order valence-electron chi connectivity index (χ0n) is 10.2. The van der Waals surface area contributed by atoms with Gasteiger partial charge in [0.1, 0.15) is 5.82 Å². The van der Waals surface area contributed by atoms with E-state index in [-0.39, 0.29) is 0 Å². The second-order valence-corrected chi connectivity index (χ2v) is 4.07. The Kier molecular flexibility index (Phi) is 3.18. The highest BCUT2D eigenvalue weighted by atomic mass is 19.2. The van der Waals surface area contributed by atoms with Crippen LogP contribution in [0.25, 0.3) is 0 Å². The fraction of sp³-hybridized carbons (Fsp3) is 0.250. The molecule has 1 aromatic heterocycles. The normalized spacial score (nSPS) is 10.7. The second kappa shape index (κ2) is 4.64. The molecule has 0 aliphatic carbocycles. The smallest absolute Gasteiger partial charge is 0.159 e. The summed E-state index contributed by atoms with van der Waals surface area (Å²) in [5, 5.41) is 7.20. The molecule has 0 saturated heterocycles. The third kappa shape index (κ3) is 2.27. The number of hydrogen-bond acceptors (Lipinski definition) is 3. The van der Waals surface area contributed by atoms with Crippen LogP contribution in [-0.2, 0) is 13.6 Å². The number of nitrogens with two attached hydrogens (primary N) is 1. The molecular weight excluding hydrogens is 238 g/mol. The minimum absolute atomic E-state index is 0.348. The molecule has 1 aromatic carbocycles. The van der Waals surface area contributed by atoms with Gasteiger partial charge in [0.25, 0.3) is 0 Å². The molecule has 0 aliphatic rings. The molecule has 0 spiro atoms. The quantitative estimate of drug-likeness (QED) is 0.880. The Bertz CT molecular complexity index is 578. The van der Waals surface area contributed by atoms with Gasteiger partial charge < -0.3 is 11.1 Å². The van der Waals surface area contributed by atoms with Crippen molar-refractivity contribution in [2.24, 2.45) is 7.05 Å². The minimum Gasteiger partial charge on any atom is -0.394 e. The van der Waals surface area contributed by atoms with Gasteiger partial charge in [0.2, 0.25) is 0 Å². The van der Waals surface area contributed by atoms with Crippen molar-refractivity contribution in [3.05, 3.63) is 41.1 Å². The summed E-state index contributed by atoms with van der Waals surface area (Å²) in [4.78, 5) is 0. The van der Waals surface area contributed by atoms with E-state index < -0.39 is 11.6 Å². The lowest BCUT2D eigenvalue weighted by Gasteiger charge is -2.08. The fourth-order valence-corrected chi connectivity index (χ4v) is 1.72. The Morgan fingerprint density at radius 3 is 2.61 bits per heavy atom. The lowest BCUT2D eigenvalue weighted by Crippen LogP contribution is -2.06. The molecule has 4 nitrogen and oxygen atoms in total. The number of aromatic nitrogens is 2. The van der Waals surface area contributed by atoms with Crippen molar-refractivity contribution in [1.82, 2.24) is 9.78 Å². The van der Waals surface area contributed by atoms with Crippen molar-refractivity contribution >= 4 is 11.5 Å². The summed E-state index contributed by atoms with van der Waals surface area (Å²) in [6, 6.07) is 3.77. The van der Waals surface area contributed by atoms with E-state index in [2.05, 4.69) is 10.4 Å². The molecule has 0 atom stereocenters. The molecule has 0 radical (unpaired) electrons. The van der Waals surface area contributed by atoms with Crippen LogP contribution in [0.15, 0.2) is 18.2 Å². The maximum atomic E-state index is 13.0. The van der Waals surface area contributed by atoms with Crippen LogP contribution in [0.3, 0.4) is 0 Å². The van der Waals surface area contributed by atoms with Gasteiger partial charge in [0, 0.05) is 13.6 Å². The molecule has 0 aliphatic heterocycles. The summed E-state index contributed by atoms with van der Waals surface area (Å²) < 4.78 is 27.4. The summed E-state index contributed by atoms with van der Waals surface area (Å²) in [7, 11) is 1.76. The van der Waals surface area contributed by atoms with Gasteiger partial charge in [-0.1, -0.05) is 6.07 Å². The van der Waals surface area contributed by atoms with E-state index in [1.807, 2.05) is 0 Å².